The van der Waals surface area contributed by atoms with Gasteiger partial charge in [0.2, 0.25) is 0 Å². The van der Waals surface area contributed by atoms with E-state index in [1.54, 1.807) is 29.2 Å². The molecule has 1 aliphatic rings. The summed E-state index contributed by atoms with van der Waals surface area (Å²) in [7, 11) is 4.07. The third kappa shape index (κ3) is 4.04. The molecule has 0 unspecified atom stereocenters. The molecule has 9 nitrogen and oxygen atoms in total. The summed E-state index contributed by atoms with van der Waals surface area (Å²) in [5.74, 6) is -1.31. The van der Waals surface area contributed by atoms with Crippen LogP contribution >= 0.6 is 0 Å². The minimum atomic E-state index is -2.98. The van der Waals surface area contributed by atoms with Crippen LogP contribution in [0.5, 0.6) is 0 Å². The van der Waals surface area contributed by atoms with Crippen LogP contribution in [-0.2, 0) is 37.1 Å². The van der Waals surface area contributed by atoms with Crippen LogP contribution in [0, 0.1) is 0 Å². The molecule has 0 saturated heterocycles. The number of esters is 2. The SMILES string of the molecule is COC(=O)C1=C(C(=O)OC)N(c2ccc([Si](OC)(OC)OC)cc2)COC1. The van der Waals surface area contributed by atoms with Gasteiger partial charge in [-0.25, -0.2) is 9.59 Å². The van der Waals surface area contributed by atoms with Crippen molar-refractivity contribution in [2.75, 3.05) is 53.8 Å². The van der Waals surface area contributed by atoms with Crippen LogP contribution in [0.1, 0.15) is 0 Å². The average Bonchev–Trinajstić information content (AvgIpc) is 2.74. The number of ether oxygens (including phenoxy) is 3. The van der Waals surface area contributed by atoms with Gasteiger partial charge in [0.1, 0.15) is 12.4 Å². The van der Waals surface area contributed by atoms with E-state index in [0.29, 0.717) is 5.69 Å². The zero-order valence-corrected chi connectivity index (χ0v) is 16.9. The van der Waals surface area contributed by atoms with Gasteiger partial charge in [-0.15, -0.1) is 0 Å². The van der Waals surface area contributed by atoms with Crippen molar-refractivity contribution < 1.29 is 37.1 Å². The first-order valence-electron chi connectivity index (χ1n) is 7.99. The van der Waals surface area contributed by atoms with Gasteiger partial charge < -0.3 is 32.4 Å². The molecular formula is C17H23NO8Si. The number of nitrogens with zero attached hydrogens (tertiary/aromatic N) is 1. The van der Waals surface area contributed by atoms with E-state index >= 15 is 0 Å². The summed E-state index contributed by atoms with van der Waals surface area (Å²) in [6, 6.07) is 7.06. The third-order valence-corrected chi connectivity index (χ3v) is 6.82. The first-order chi connectivity index (χ1) is 13.0. The first kappa shape index (κ1) is 21.1. The largest absolute Gasteiger partial charge is 0.536 e. The fourth-order valence-electron chi connectivity index (χ4n) is 2.80. The maximum absolute atomic E-state index is 12.3. The van der Waals surface area contributed by atoms with Crippen LogP contribution < -0.4 is 10.1 Å². The molecule has 1 aliphatic heterocycles. The molecule has 0 atom stereocenters. The molecule has 0 fully saturated rings. The fourth-order valence-corrected chi connectivity index (χ4v) is 4.58. The van der Waals surface area contributed by atoms with Crippen molar-refractivity contribution in [3.05, 3.63) is 35.5 Å². The molecule has 27 heavy (non-hydrogen) atoms. The minimum Gasteiger partial charge on any atom is -0.466 e. The quantitative estimate of drug-likeness (QED) is 0.471. The molecule has 1 aromatic carbocycles. The molecule has 0 aliphatic carbocycles. The molecular weight excluding hydrogens is 374 g/mol. The number of hydrogen-bond acceptors (Lipinski definition) is 9. The van der Waals surface area contributed by atoms with Gasteiger partial charge in [-0.2, -0.15) is 0 Å². The van der Waals surface area contributed by atoms with Gasteiger partial charge >= 0.3 is 20.7 Å². The van der Waals surface area contributed by atoms with Crippen molar-refractivity contribution in [3.63, 3.8) is 0 Å². The Hall–Kier alpha value is -2.24. The van der Waals surface area contributed by atoms with Gasteiger partial charge in [-0.1, -0.05) is 12.1 Å². The molecule has 0 radical (unpaired) electrons. The molecule has 10 heteroatoms. The Bertz CT molecular complexity index is 706. The van der Waals surface area contributed by atoms with Crippen molar-refractivity contribution in [3.8, 4) is 0 Å². The highest BCUT2D eigenvalue weighted by Crippen LogP contribution is 2.26. The van der Waals surface area contributed by atoms with Crippen molar-refractivity contribution in [2.24, 2.45) is 0 Å². The number of anilines is 1. The number of carbonyl (C=O) groups is 2. The van der Waals surface area contributed by atoms with Crippen molar-refractivity contribution >= 4 is 31.6 Å². The Kier molecular flexibility index (Phi) is 7.10. The summed E-state index contributed by atoms with van der Waals surface area (Å²) in [5, 5.41) is 0.744. The lowest BCUT2D eigenvalue weighted by molar-refractivity contribution is -0.140. The average molecular weight is 397 g/mol. The van der Waals surface area contributed by atoms with E-state index in [1.165, 1.54) is 35.5 Å². The summed E-state index contributed by atoms with van der Waals surface area (Å²) in [4.78, 5) is 25.9. The van der Waals surface area contributed by atoms with E-state index in [4.69, 9.17) is 27.5 Å². The highest BCUT2D eigenvalue weighted by atomic mass is 28.4. The van der Waals surface area contributed by atoms with Gasteiger partial charge in [0.15, 0.2) is 0 Å². The second-order valence-electron chi connectivity index (χ2n) is 5.43. The van der Waals surface area contributed by atoms with Gasteiger partial charge in [0.05, 0.1) is 26.4 Å². The molecule has 0 spiro atoms. The highest BCUT2D eigenvalue weighted by molar-refractivity contribution is 6.75. The fraction of sp³-hybridized carbons (Fsp3) is 0.412. The van der Waals surface area contributed by atoms with Gasteiger partial charge in [0.25, 0.3) is 0 Å². The Morgan fingerprint density at radius 3 is 1.96 bits per heavy atom. The summed E-state index contributed by atoms with van der Waals surface area (Å²) >= 11 is 0. The lowest BCUT2D eigenvalue weighted by Crippen LogP contribution is -2.54. The van der Waals surface area contributed by atoms with Gasteiger partial charge in [0, 0.05) is 32.2 Å². The van der Waals surface area contributed by atoms with Gasteiger partial charge in [-0.05, 0) is 12.1 Å². The molecule has 1 aromatic rings. The van der Waals surface area contributed by atoms with E-state index in [0.717, 1.165) is 5.19 Å². The number of rotatable bonds is 7. The second kappa shape index (κ2) is 9.11. The summed E-state index contributed by atoms with van der Waals surface area (Å²) in [5.41, 5.74) is 0.789. The molecule has 0 aromatic heterocycles. The normalized spacial score (nSPS) is 14.9. The lowest BCUT2D eigenvalue weighted by Gasteiger charge is -2.31. The van der Waals surface area contributed by atoms with Crippen LogP contribution in [0.3, 0.4) is 0 Å². The number of hydrogen-bond donors (Lipinski definition) is 0. The summed E-state index contributed by atoms with van der Waals surface area (Å²) in [6.07, 6.45) is 0. The van der Waals surface area contributed by atoms with Crippen molar-refractivity contribution in [2.45, 2.75) is 0 Å². The molecule has 1 heterocycles. The smallest absolute Gasteiger partial charge is 0.466 e. The number of methoxy groups -OCH3 is 2. The summed E-state index contributed by atoms with van der Waals surface area (Å²) < 4.78 is 31.4. The maximum Gasteiger partial charge on any atom is 0.536 e. The minimum absolute atomic E-state index is 0.0429. The predicted octanol–water partition coefficient (Wildman–Crippen LogP) is 0.166. The monoisotopic (exact) mass is 397 g/mol. The Balaban J connectivity index is 2.46. The topological polar surface area (TPSA) is 92.8 Å². The zero-order chi connectivity index (χ0) is 20.0. The van der Waals surface area contributed by atoms with Crippen molar-refractivity contribution in [1.29, 1.82) is 0 Å². The maximum atomic E-state index is 12.3. The first-order valence-corrected chi connectivity index (χ1v) is 9.71. The Labute approximate surface area is 158 Å². The van der Waals surface area contributed by atoms with E-state index in [9.17, 15) is 9.59 Å². The second-order valence-corrected chi connectivity index (χ2v) is 8.35. The van der Waals surface area contributed by atoms with Gasteiger partial charge in [-0.3, -0.25) is 0 Å². The number of benzene rings is 1. The zero-order valence-electron chi connectivity index (χ0n) is 15.9. The van der Waals surface area contributed by atoms with Crippen LogP contribution in [-0.4, -0.2) is 69.6 Å². The van der Waals surface area contributed by atoms with Crippen LogP contribution in [0.4, 0.5) is 5.69 Å². The summed E-state index contributed by atoms with van der Waals surface area (Å²) in [6.45, 7) is 0.0322. The van der Waals surface area contributed by atoms with Crippen LogP contribution in [0.15, 0.2) is 35.5 Å². The molecule has 148 valence electrons. The number of carbonyl (C=O) groups excluding carboxylic acids is 2. The van der Waals surface area contributed by atoms with E-state index < -0.39 is 20.7 Å². The van der Waals surface area contributed by atoms with E-state index in [2.05, 4.69) is 0 Å². The molecule has 0 bridgehead atoms. The van der Waals surface area contributed by atoms with Crippen LogP contribution in [0.2, 0.25) is 0 Å². The van der Waals surface area contributed by atoms with Crippen LogP contribution in [0.25, 0.3) is 0 Å². The molecule has 0 saturated carbocycles. The third-order valence-electron chi connectivity index (χ3n) is 4.17. The molecule has 2 rings (SSSR count). The lowest BCUT2D eigenvalue weighted by atomic mass is 10.1. The Morgan fingerprint density at radius 2 is 1.48 bits per heavy atom. The Morgan fingerprint density at radius 1 is 0.926 bits per heavy atom. The molecule has 0 amide bonds. The predicted molar refractivity (Wildman–Crippen MR) is 97.2 cm³/mol. The van der Waals surface area contributed by atoms with E-state index in [1.807, 2.05) is 0 Å². The van der Waals surface area contributed by atoms with E-state index in [-0.39, 0.29) is 24.6 Å². The standard InChI is InChI=1S/C17H23NO8Si/c1-21-16(19)14-10-26-11-18(15(14)17(20)22-2)12-6-8-13(9-7-12)27(23-3,24-4)25-5/h6-9H,10-11H2,1-5H3. The van der Waals surface area contributed by atoms with Crippen molar-refractivity contribution in [1.82, 2.24) is 0 Å². The highest BCUT2D eigenvalue weighted by Gasteiger charge is 2.41. The molecule has 0 N–H and O–H groups in total.